The summed E-state index contributed by atoms with van der Waals surface area (Å²) in [7, 11) is 1.82. The molecule has 21 heavy (non-hydrogen) atoms. The Bertz CT molecular complexity index is 550. The molecule has 1 aliphatic rings. The van der Waals surface area contributed by atoms with Crippen molar-refractivity contribution in [1.82, 2.24) is 4.90 Å². The third-order valence-corrected chi connectivity index (χ3v) is 3.57. The Labute approximate surface area is 127 Å². The standard InChI is InChI=1S/C14H17ClN2O4/c1-17(5-4-14(19)20)7-10(15)9-2-3-12-11(6-9)16-13(18)8-21-12/h2-3,6,10H,4-5,7-8H2,1H3,(H,16,18)(H,19,20). The van der Waals surface area contributed by atoms with Crippen molar-refractivity contribution in [1.29, 1.82) is 0 Å². The number of ether oxygens (including phenoxy) is 1. The molecule has 1 unspecified atom stereocenters. The summed E-state index contributed by atoms with van der Waals surface area (Å²) in [6, 6.07) is 5.41. The summed E-state index contributed by atoms with van der Waals surface area (Å²) in [5.74, 6) is -0.396. The highest BCUT2D eigenvalue weighted by Gasteiger charge is 2.19. The molecule has 1 aromatic rings. The smallest absolute Gasteiger partial charge is 0.304 e. The van der Waals surface area contributed by atoms with Gasteiger partial charge in [0, 0.05) is 13.1 Å². The van der Waals surface area contributed by atoms with Crippen LogP contribution >= 0.6 is 11.6 Å². The highest BCUT2D eigenvalue weighted by atomic mass is 35.5. The molecule has 0 fully saturated rings. The summed E-state index contributed by atoms with van der Waals surface area (Å²) in [5.41, 5.74) is 1.46. The number of carbonyl (C=O) groups is 2. The van der Waals surface area contributed by atoms with Gasteiger partial charge < -0.3 is 20.1 Å². The molecule has 0 saturated carbocycles. The SMILES string of the molecule is CN(CCC(=O)O)CC(Cl)c1ccc2c(c1)NC(=O)CO2. The van der Waals surface area contributed by atoms with Crippen LogP contribution in [0.5, 0.6) is 5.75 Å². The monoisotopic (exact) mass is 312 g/mol. The van der Waals surface area contributed by atoms with Crippen LogP contribution in [0.25, 0.3) is 0 Å². The van der Waals surface area contributed by atoms with Gasteiger partial charge in [-0.2, -0.15) is 0 Å². The van der Waals surface area contributed by atoms with E-state index in [9.17, 15) is 9.59 Å². The number of fused-ring (bicyclic) bond motifs is 1. The van der Waals surface area contributed by atoms with Crippen molar-refractivity contribution < 1.29 is 19.4 Å². The number of rotatable bonds is 6. The highest BCUT2D eigenvalue weighted by molar-refractivity contribution is 6.21. The number of carbonyl (C=O) groups excluding carboxylic acids is 1. The van der Waals surface area contributed by atoms with Gasteiger partial charge in [0.15, 0.2) is 6.61 Å². The fourth-order valence-corrected chi connectivity index (χ4v) is 2.42. The first-order valence-electron chi connectivity index (χ1n) is 6.56. The minimum absolute atomic E-state index is 0.0224. The molecule has 2 rings (SSSR count). The summed E-state index contributed by atoms with van der Waals surface area (Å²) in [6.45, 7) is 0.973. The Balaban J connectivity index is 1.99. The molecule has 0 bridgehead atoms. The van der Waals surface area contributed by atoms with E-state index in [0.717, 1.165) is 5.56 Å². The van der Waals surface area contributed by atoms with Crippen molar-refractivity contribution in [3.63, 3.8) is 0 Å². The minimum Gasteiger partial charge on any atom is -0.482 e. The third-order valence-electron chi connectivity index (χ3n) is 3.18. The van der Waals surface area contributed by atoms with E-state index in [4.69, 9.17) is 21.4 Å². The summed E-state index contributed by atoms with van der Waals surface area (Å²) < 4.78 is 5.29. The van der Waals surface area contributed by atoms with Gasteiger partial charge in [-0.1, -0.05) is 6.07 Å². The van der Waals surface area contributed by atoms with E-state index in [1.165, 1.54) is 0 Å². The van der Waals surface area contributed by atoms with Crippen LogP contribution < -0.4 is 10.1 Å². The second kappa shape index (κ2) is 6.78. The fraction of sp³-hybridized carbons (Fsp3) is 0.429. The Morgan fingerprint density at radius 1 is 1.57 bits per heavy atom. The Morgan fingerprint density at radius 2 is 2.33 bits per heavy atom. The van der Waals surface area contributed by atoms with Crippen molar-refractivity contribution in [3.8, 4) is 5.75 Å². The molecule has 6 nitrogen and oxygen atoms in total. The maximum Gasteiger partial charge on any atom is 0.304 e. The number of hydrogen-bond donors (Lipinski definition) is 2. The number of halogens is 1. The second-order valence-corrected chi connectivity index (χ2v) is 5.49. The van der Waals surface area contributed by atoms with Crippen LogP contribution in [0.1, 0.15) is 17.4 Å². The number of anilines is 1. The molecule has 0 spiro atoms. The van der Waals surface area contributed by atoms with Crippen LogP contribution in [-0.4, -0.2) is 48.6 Å². The van der Waals surface area contributed by atoms with Gasteiger partial charge in [-0.25, -0.2) is 0 Å². The molecule has 2 N–H and O–H groups in total. The lowest BCUT2D eigenvalue weighted by atomic mass is 10.1. The van der Waals surface area contributed by atoms with E-state index in [2.05, 4.69) is 5.32 Å². The Morgan fingerprint density at radius 3 is 3.05 bits per heavy atom. The van der Waals surface area contributed by atoms with E-state index >= 15 is 0 Å². The largest absolute Gasteiger partial charge is 0.482 e. The molecule has 0 radical (unpaired) electrons. The number of nitrogens with one attached hydrogen (secondary N) is 1. The highest BCUT2D eigenvalue weighted by Crippen LogP contribution is 2.32. The number of aliphatic carboxylic acids is 1. The summed E-state index contributed by atoms with van der Waals surface area (Å²) in [5, 5.41) is 11.1. The molecular weight excluding hydrogens is 296 g/mol. The molecule has 1 heterocycles. The van der Waals surface area contributed by atoms with E-state index in [1.807, 2.05) is 18.0 Å². The fourth-order valence-electron chi connectivity index (χ4n) is 2.05. The van der Waals surface area contributed by atoms with E-state index in [0.29, 0.717) is 24.5 Å². The molecule has 1 aromatic carbocycles. The van der Waals surface area contributed by atoms with Crippen LogP contribution in [0.3, 0.4) is 0 Å². The maximum atomic E-state index is 11.3. The zero-order chi connectivity index (χ0) is 15.4. The number of amides is 1. The van der Waals surface area contributed by atoms with Gasteiger partial charge in [-0.15, -0.1) is 11.6 Å². The first kappa shape index (κ1) is 15.6. The third kappa shape index (κ3) is 4.34. The lowest BCUT2D eigenvalue weighted by molar-refractivity contribution is -0.137. The Kier molecular flexibility index (Phi) is 5.03. The number of nitrogens with zero attached hydrogens (tertiary/aromatic N) is 1. The molecule has 1 aliphatic heterocycles. The van der Waals surface area contributed by atoms with Crippen molar-refractivity contribution in [2.24, 2.45) is 0 Å². The molecule has 0 aromatic heterocycles. The van der Waals surface area contributed by atoms with Gasteiger partial charge in [-0.05, 0) is 24.7 Å². The second-order valence-electron chi connectivity index (χ2n) is 4.97. The first-order valence-corrected chi connectivity index (χ1v) is 7.00. The lowest BCUT2D eigenvalue weighted by Crippen LogP contribution is -2.26. The van der Waals surface area contributed by atoms with Crippen molar-refractivity contribution in [3.05, 3.63) is 23.8 Å². The van der Waals surface area contributed by atoms with Gasteiger partial charge in [0.05, 0.1) is 17.5 Å². The van der Waals surface area contributed by atoms with Crippen molar-refractivity contribution in [2.75, 3.05) is 32.1 Å². The predicted octanol–water partition coefficient (Wildman–Crippen LogP) is 1.70. The average Bonchev–Trinajstić information content (AvgIpc) is 2.44. The number of hydrogen-bond acceptors (Lipinski definition) is 4. The zero-order valence-electron chi connectivity index (χ0n) is 11.6. The predicted molar refractivity (Wildman–Crippen MR) is 78.9 cm³/mol. The van der Waals surface area contributed by atoms with Crippen molar-refractivity contribution >= 4 is 29.2 Å². The van der Waals surface area contributed by atoms with Crippen LogP contribution in [0.15, 0.2) is 18.2 Å². The van der Waals surface area contributed by atoms with Crippen LogP contribution in [-0.2, 0) is 9.59 Å². The molecular formula is C14H17ClN2O4. The summed E-state index contributed by atoms with van der Waals surface area (Å²) >= 11 is 6.35. The van der Waals surface area contributed by atoms with E-state index in [-0.39, 0.29) is 24.3 Å². The van der Waals surface area contributed by atoms with Gasteiger partial charge in [-0.3, -0.25) is 9.59 Å². The Hall–Kier alpha value is -1.79. The normalized spacial score (nSPS) is 15.1. The summed E-state index contributed by atoms with van der Waals surface area (Å²) in [4.78, 5) is 23.7. The number of benzene rings is 1. The van der Waals surface area contributed by atoms with Gasteiger partial charge >= 0.3 is 5.97 Å². The molecule has 7 heteroatoms. The van der Waals surface area contributed by atoms with Gasteiger partial charge in [0.1, 0.15) is 5.75 Å². The van der Waals surface area contributed by atoms with E-state index < -0.39 is 5.97 Å². The van der Waals surface area contributed by atoms with Gasteiger partial charge in [0.2, 0.25) is 0 Å². The van der Waals surface area contributed by atoms with Crippen LogP contribution in [0.4, 0.5) is 5.69 Å². The molecule has 114 valence electrons. The summed E-state index contributed by atoms with van der Waals surface area (Å²) in [6.07, 6.45) is 0.0776. The number of carboxylic acids is 1. The molecule has 0 saturated heterocycles. The minimum atomic E-state index is -0.832. The molecule has 1 atom stereocenters. The molecule has 0 aliphatic carbocycles. The van der Waals surface area contributed by atoms with Crippen molar-refractivity contribution in [2.45, 2.75) is 11.8 Å². The quantitative estimate of drug-likeness (QED) is 0.782. The maximum absolute atomic E-state index is 11.3. The zero-order valence-corrected chi connectivity index (χ0v) is 12.4. The lowest BCUT2D eigenvalue weighted by Gasteiger charge is -2.22. The average molecular weight is 313 g/mol. The van der Waals surface area contributed by atoms with Crippen LogP contribution in [0.2, 0.25) is 0 Å². The van der Waals surface area contributed by atoms with Crippen LogP contribution in [0, 0.1) is 0 Å². The first-order chi connectivity index (χ1) is 9.95. The number of likely N-dealkylation sites (N-methyl/N-ethyl adjacent to an activating group) is 1. The van der Waals surface area contributed by atoms with E-state index in [1.54, 1.807) is 12.1 Å². The topological polar surface area (TPSA) is 78.9 Å². The number of carboxylic acid groups (broad SMARTS) is 1. The van der Waals surface area contributed by atoms with Gasteiger partial charge in [0.25, 0.3) is 5.91 Å². The molecule has 1 amide bonds. The number of alkyl halides is 1.